The van der Waals surface area contributed by atoms with Crippen molar-refractivity contribution in [2.75, 3.05) is 18.4 Å². The van der Waals surface area contributed by atoms with Gasteiger partial charge in [0.2, 0.25) is 5.91 Å². The monoisotopic (exact) mass is 495 g/mol. The van der Waals surface area contributed by atoms with E-state index in [4.69, 9.17) is 5.10 Å². The van der Waals surface area contributed by atoms with Crippen LogP contribution in [-0.2, 0) is 4.79 Å². The van der Waals surface area contributed by atoms with Gasteiger partial charge in [0, 0.05) is 42.0 Å². The fourth-order valence-electron chi connectivity index (χ4n) is 4.55. The Kier molecular flexibility index (Phi) is 6.43. The lowest BCUT2D eigenvalue weighted by molar-refractivity contribution is -0.127. The summed E-state index contributed by atoms with van der Waals surface area (Å²) in [5, 5.41) is 18.0. The van der Waals surface area contributed by atoms with Gasteiger partial charge in [-0.25, -0.2) is 9.37 Å². The average molecular weight is 496 g/mol. The number of aromatic nitrogens is 4. The quantitative estimate of drug-likeness (QED) is 0.417. The Labute approximate surface area is 211 Å². The van der Waals surface area contributed by atoms with E-state index in [9.17, 15) is 19.2 Å². The number of anilines is 1. The number of rotatable bonds is 5. The van der Waals surface area contributed by atoms with Crippen molar-refractivity contribution in [3.8, 4) is 17.3 Å². The first-order valence-electron chi connectivity index (χ1n) is 11.7. The van der Waals surface area contributed by atoms with Crippen molar-refractivity contribution in [3.63, 3.8) is 0 Å². The normalized spacial score (nSPS) is 15.2. The molecule has 184 valence electrons. The van der Waals surface area contributed by atoms with E-state index in [1.54, 1.807) is 35.4 Å². The zero-order valence-electron chi connectivity index (χ0n) is 19.8. The second kappa shape index (κ2) is 9.99. The predicted octanol–water partition coefficient (Wildman–Crippen LogP) is 4.11. The fourth-order valence-corrected chi connectivity index (χ4v) is 4.55. The highest BCUT2D eigenvalue weighted by Crippen LogP contribution is 2.33. The highest BCUT2D eigenvalue weighted by molar-refractivity contribution is 6.04. The zero-order valence-corrected chi connectivity index (χ0v) is 19.8. The molecule has 4 heterocycles. The molecule has 0 radical (unpaired) electrons. The van der Waals surface area contributed by atoms with Crippen LogP contribution < -0.4 is 5.32 Å². The number of fused-ring (bicyclic) bond motifs is 1. The number of carbonyl (C=O) groups excluding carboxylic acids is 2. The zero-order chi connectivity index (χ0) is 25.9. The second-order valence-corrected chi connectivity index (χ2v) is 8.67. The molecule has 1 aliphatic heterocycles. The lowest BCUT2D eigenvalue weighted by Gasteiger charge is -2.32. The van der Waals surface area contributed by atoms with Crippen LogP contribution in [0.15, 0.2) is 67.6 Å². The Balaban J connectivity index is 1.48. The molecule has 1 aliphatic rings. The third-order valence-corrected chi connectivity index (χ3v) is 6.35. The van der Waals surface area contributed by atoms with Gasteiger partial charge in [-0.05, 0) is 43.2 Å². The van der Waals surface area contributed by atoms with Crippen LogP contribution in [0, 0.1) is 17.1 Å². The number of likely N-dealkylation sites (tertiary alicyclic amines) is 1. The van der Waals surface area contributed by atoms with E-state index in [1.165, 1.54) is 24.4 Å². The van der Waals surface area contributed by atoms with Gasteiger partial charge in [0.15, 0.2) is 0 Å². The number of nitriles is 1. The summed E-state index contributed by atoms with van der Waals surface area (Å²) in [5.74, 6) is -0.764. The van der Waals surface area contributed by atoms with Crippen LogP contribution in [0.25, 0.3) is 22.2 Å². The molecule has 5 rings (SSSR count). The Morgan fingerprint density at radius 2 is 1.97 bits per heavy atom. The Morgan fingerprint density at radius 3 is 2.68 bits per heavy atom. The maximum Gasteiger partial charge on any atom is 0.256 e. The molecule has 3 aromatic heterocycles. The molecular weight excluding hydrogens is 473 g/mol. The van der Waals surface area contributed by atoms with Crippen molar-refractivity contribution >= 4 is 28.5 Å². The molecule has 10 heteroatoms. The molecule has 1 fully saturated rings. The van der Waals surface area contributed by atoms with Crippen molar-refractivity contribution in [1.82, 2.24) is 24.6 Å². The molecule has 0 aliphatic carbocycles. The van der Waals surface area contributed by atoms with Gasteiger partial charge in [0.1, 0.15) is 23.4 Å². The summed E-state index contributed by atoms with van der Waals surface area (Å²) >= 11 is 0. The van der Waals surface area contributed by atoms with Crippen LogP contribution in [0.1, 0.15) is 34.8 Å². The maximum atomic E-state index is 13.1. The molecule has 4 aromatic rings. The van der Waals surface area contributed by atoms with Crippen LogP contribution in [0.4, 0.5) is 10.2 Å². The van der Waals surface area contributed by atoms with Crippen LogP contribution in [0.5, 0.6) is 0 Å². The molecule has 0 spiro atoms. The van der Waals surface area contributed by atoms with E-state index in [0.717, 1.165) is 24.6 Å². The minimum Gasteiger partial charge on any atom is -0.337 e. The smallest absolute Gasteiger partial charge is 0.256 e. The lowest BCUT2D eigenvalue weighted by atomic mass is 10.0. The lowest BCUT2D eigenvalue weighted by Crippen LogP contribution is -2.40. The van der Waals surface area contributed by atoms with Gasteiger partial charge in [-0.2, -0.15) is 10.4 Å². The van der Waals surface area contributed by atoms with Crippen LogP contribution in [0.3, 0.4) is 0 Å². The molecule has 9 nitrogen and oxygen atoms in total. The van der Waals surface area contributed by atoms with Gasteiger partial charge in [0.05, 0.1) is 23.3 Å². The second-order valence-electron chi connectivity index (χ2n) is 8.67. The number of benzene rings is 1. The van der Waals surface area contributed by atoms with Crippen LogP contribution in [-0.4, -0.2) is 49.6 Å². The van der Waals surface area contributed by atoms with Gasteiger partial charge in [-0.3, -0.25) is 19.3 Å². The highest BCUT2D eigenvalue weighted by atomic mass is 19.1. The van der Waals surface area contributed by atoms with Crippen molar-refractivity contribution in [1.29, 1.82) is 5.26 Å². The number of hydrogen-bond donors (Lipinski definition) is 1. The minimum absolute atomic E-state index is 0.114. The SMILES string of the molecule is C=CC(=O)N1CCC[C@@H](n2nc(-c3ccc(C(=O)Nc4ccc(F)cn4)cc3)c3cncc(C#N)c32)C1. The van der Waals surface area contributed by atoms with Crippen molar-refractivity contribution < 1.29 is 14.0 Å². The first-order chi connectivity index (χ1) is 18.0. The number of piperidine rings is 1. The van der Waals surface area contributed by atoms with E-state index in [2.05, 4.69) is 27.9 Å². The molecule has 1 saturated heterocycles. The van der Waals surface area contributed by atoms with Crippen LogP contribution in [0.2, 0.25) is 0 Å². The summed E-state index contributed by atoms with van der Waals surface area (Å²) in [7, 11) is 0. The molecule has 37 heavy (non-hydrogen) atoms. The Morgan fingerprint density at radius 1 is 1.16 bits per heavy atom. The van der Waals surface area contributed by atoms with Gasteiger partial charge < -0.3 is 10.2 Å². The third kappa shape index (κ3) is 4.67. The topological polar surface area (TPSA) is 117 Å². The number of carbonyl (C=O) groups is 2. The highest BCUT2D eigenvalue weighted by Gasteiger charge is 2.27. The molecule has 1 N–H and O–H groups in total. The molecule has 0 bridgehead atoms. The summed E-state index contributed by atoms with van der Waals surface area (Å²) < 4.78 is 14.9. The number of halogens is 1. The maximum absolute atomic E-state index is 13.1. The van der Waals surface area contributed by atoms with E-state index >= 15 is 0 Å². The number of nitrogens with zero attached hydrogens (tertiary/aromatic N) is 6. The summed E-state index contributed by atoms with van der Waals surface area (Å²) in [6, 6.07) is 11.6. The van der Waals surface area contributed by atoms with E-state index in [-0.39, 0.29) is 23.7 Å². The molecule has 0 unspecified atom stereocenters. The number of nitrogens with one attached hydrogen (secondary N) is 1. The summed E-state index contributed by atoms with van der Waals surface area (Å²) in [6.45, 7) is 4.70. The largest absolute Gasteiger partial charge is 0.337 e. The van der Waals surface area contributed by atoms with Gasteiger partial charge in [-0.1, -0.05) is 18.7 Å². The summed E-state index contributed by atoms with van der Waals surface area (Å²) in [5.41, 5.74) is 2.81. The molecule has 1 atom stereocenters. The predicted molar refractivity (Wildman–Crippen MR) is 135 cm³/mol. The van der Waals surface area contributed by atoms with Crippen molar-refractivity contribution in [2.24, 2.45) is 0 Å². The number of hydrogen-bond acceptors (Lipinski definition) is 6. The summed E-state index contributed by atoms with van der Waals surface area (Å²) in [6.07, 6.45) is 7.13. The first-order valence-corrected chi connectivity index (χ1v) is 11.7. The van der Waals surface area contributed by atoms with E-state index in [1.807, 2.05) is 4.68 Å². The van der Waals surface area contributed by atoms with E-state index < -0.39 is 5.82 Å². The van der Waals surface area contributed by atoms with Crippen molar-refractivity contribution in [2.45, 2.75) is 18.9 Å². The minimum atomic E-state index is -0.490. The fraction of sp³-hybridized carbons (Fsp3) is 0.185. The number of amides is 2. The first kappa shape index (κ1) is 23.8. The average Bonchev–Trinajstić information content (AvgIpc) is 3.34. The van der Waals surface area contributed by atoms with Gasteiger partial charge >= 0.3 is 0 Å². The summed E-state index contributed by atoms with van der Waals surface area (Å²) in [4.78, 5) is 34.7. The molecule has 1 aromatic carbocycles. The van der Waals surface area contributed by atoms with Crippen molar-refractivity contribution in [3.05, 3.63) is 84.6 Å². The standard InChI is InChI=1S/C27H22FN7O2/c1-2-24(36)34-11-3-4-21(16-34)35-26-19(12-29)13-30-15-22(26)25(33-35)17-5-7-18(8-6-17)27(37)32-23-10-9-20(28)14-31-23/h2,5-10,13-15,21H,1,3-4,11,16H2,(H,31,32,37)/t21-/m1/s1. The van der Waals surface area contributed by atoms with Gasteiger partial charge in [0.25, 0.3) is 5.91 Å². The Bertz CT molecular complexity index is 1540. The Hall–Kier alpha value is -4.91. The molecule has 2 amide bonds. The van der Waals surface area contributed by atoms with Crippen LogP contribution >= 0.6 is 0 Å². The van der Waals surface area contributed by atoms with E-state index in [0.29, 0.717) is 40.8 Å². The number of pyridine rings is 2. The van der Waals surface area contributed by atoms with Gasteiger partial charge in [-0.15, -0.1) is 0 Å². The molecular formula is C27H22FN7O2. The molecule has 0 saturated carbocycles. The third-order valence-electron chi connectivity index (χ3n) is 6.35.